The first-order valence-corrected chi connectivity index (χ1v) is 9.49. The minimum Gasteiger partial charge on any atom is -0.339 e. The predicted molar refractivity (Wildman–Crippen MR) is 93.5 cm³/mol. The van der Waals surface area contributed by atoms with Crippen molar-refractivity contribution < 1.29 is 9.59 Å². The SMILES string of the molecule is CCSc1ccccc1NC(=O)C1CC(=O)N(C2CCCC2)C1. The number of likely N-dealkylation sites (tertiary alicyclic amines) is 1. The van der Waals surface area contributed by atoms with Crippen LogP contribution in [-0.4, -0.2) is 35.1 Å². The van der Waals surface area contributed by atoms with Crippen LogP contribution < -0.4 is 5.32 Å². The van der Waals surface area contributed by atoms with Crippen LogP contribution in [0.3, 0.4) is 0 Å². The Labute approximate surface area is 142 Å². The van der Waals surface area contributed by atoms with E-state index in [9.17, 15) is 9.59 Å². The summed E-state index contributed by atoms with van der Waals surface area (Å²) in [5.74, 6) is 0.864. The van der Waals surface area contributed by atoms with E-state index in [4.69, 9.17) is 0 Å². The maximum absolute atomic E-state index is 12.6. The first kappa shape index (κ1) is 16.4. The van der Waals surface area contributed by atoms with Gasteiger partial charge in [-0.3, -0.25) is 9.59 Å². The second-order valence-electron chi connectivity index (χ2n) is 6.30. The molecule has 2 amide bonds. The van der Waals surface area contributed by atoms with E-state index in [0.29, 0.717) is 19.0 Å². The zero-order chi connectivity index (χ0) is 16.2. The van der Waals surface area contributed by atoms with Crippen molar-refractivity contribution in [1.82, 2.24) is 4.90 Å². The molecular formula is C18H24N2O2S. The van der Waals surface area contributed by atoms with Gasteiger partial charge in [0.05, 0.1) is 11.6 Å². The summed E-state index contributed by atoms with van der Waals surface area (Å²) >= 11 is 1.72. The predicted octanol–water partition coefficient (Wildman–Crippen LogP) is 3.53. The summed E-state index contributed by atoms with van der Waals surface area (Å²) < 4.78 is 0. The number of nitrogens with zero attached hydrogens (tertiary/aromatic N) is 1. The summed E-state index contributed by atoms with van der Waals surface area (Å²) in [5.41, 5.74) is 0.858. The number of benzene rings is 1. The van der Waals surface area contributed by atoms with E-state index < -0.39 is 0 Å². The Morgan fingerprint density at radius 2 is 2.04 bits per heavy atom. The molecular weight excluding hydrogens is 308 g/mol. The lowest BCUT2D eigenvalue weighted by Gasteiger charge is -2.24. The van der Waals surface area contributed by atoms with E-state index in [0.717, 1.165) is 29.2 Å². The van der Waals surface area contributed by atoms with Crippen LogP contribution in [0, 0.1) is 5.92 Å². The van der Waals surface area contributed by atoms with Gasteiger partial charge in [0, 0.05) is 23.9 Å². The normalized spacial score (nSPS) is 21.9. The van der Waals surface area contributed by atoms with Crippen LogP contribution in [-0.2, 0) is 9.59 Å². The van der Waals surface area contributed by atoms with Crippen LogP contribution in [0.5, 0.6) is 0 Å². The lowest BCUT2D eigenvalue weighted by molar-refractivity contribution is -0.129. The van der Waals surface area contributed by atoms with Gasteiger partial charge in [-0.1, -0.05) is 31.9 Å². The van der Waals surface area contributed by atoms with Gasteiger partial charge >= 0.3 is 0 Å². The Hall–Kier alpha value is -1.49. The van der Waals surface area contributed by atoms with E-state index in [1.165, 1.54) is 12.8 Å². The minimum atomic E-state index is -0.220. The summed E-state index contributed by atoms with van der Waals surface area (Å²) in [5, 5.41) is 3.03. The van der Waals surface area contributed by atoms with E-state index in [-0.39, 0.29) is 17.7 Å². The Kier molecular flexibility index (Phi) is 5.26. The lowest BCUT2D eigenvalue weighted by atomic mass is 10.1. The first-order chi connectivity index (χ1) is 11.2. The number of hydrogen-bond donors (Lipinski definition) is 1. The zero-order valence-electron chi connectivity index (χ0n) is 13.6. The molecule has 0 spiro atoms. The molecule has 1 aliphatic carbocycles. The lowest BCUT2D eigenvalue weighted by Crippen LogP contribution is -2.35. The molecule has 1 aromatic carbocycles. The summed E-state index contributed by atoms with van der Waals surface area (Å²) in [6, 6.07) is 8.23. The molecule has 1 saturated heterocycles. The van der Waals surface area contributed by atoms with E-state index in [1.54, 1.807) is 11.8 Å². The molecule has 1 saturated carbocycles. The number of nitrogens with one attached hydrogen (secondary N) is 1. The maximum Gasteiger partial charge on any atom is 0.229 e. The fourth-order valence-electron chi connectivity index (χ4n) is 3.56. The molecule has 3 rings (SSSR count). The summed E-state index contributed by atoms with van der Waals surface area (Å²) in [4.78, 5) is 27.8. The quantitative estimate of drug-likeness (QED) is 0.839. The molecule has 124 valence electrons. The van der Waals surface area contributed by atoms with Gasteiger partial charge in [-0.25, -0.2) is 0 Å². The monoisotopic (exact) mass is 332 g/mol. The number of para-hydroxylation sites is 1. The molecule has 1 N–H and O–H groups in total. The molecule has 23 heavy (non-hydrogen) atoms. The minimum absolute atomic E-state index is 0.0250. The van der Waals surface area contributed by atoms with Gasteiger partial charge < -0.3 is 10.2 Å². The highest BCUT2D eigenvalue weighted by Gasteiger charge is 2.38. The molecule has 0 radical (unpaired) electrons. The molecule has 0 bridgehead atoms. The van der Waals surface area contributed by atoms with Crippen molar-refractivity contribution in [1.29, 1.82) is 0 Å². The number of anilines is 1. The Balaban J connectivity index is 1.64. The second kappa shape index (κ2) is 7.39. The molecule has 1 heterocycles. The smallest absolute Gasteiger partial charge is 0.229 e. The largest absolute Gasteiger partial charge is 0.339 e. The fraction of sp³-hybridized carbons (Fsp3) is 0.556. The van der Waals surface area contributed by atoms with Crippen molar-refractivity contribution in [3.05, 3.63) is 24.3 Å². The van der Waals surface area contributed by atoms with Crippen LogP contribution in [0.15, 0.2) is 29.2 Å². The number of rotatable bonds is 5. The van der Waals surface area contributed by atoms with Gasteiger partial charge in [0.25, 0.3) is 0 Å². The van der Waals surface area contributed by atoms with Gasteiger partial charge in [0.1, 0.15) is 0 Å². The molecule has 0 aromatic heterocycles. The molecule has 1 unspecified atom stereocenters. The molecule has 4 nitrogen and oxygen atoms in total. The van der Waals surface area contributed by atoms with Gasteiger partial charge in [0.15, 0.2) is 0 Å². The second-order valence-corrected chi connectivity index (χ2v) is 7.61. The third-order valence-electron chi connectivity index (χ3n) is 4.74. The topological polar surface area (TPSA) is 49.4 Å². The Morgan fingerprint density at radius 3 is 2.78 bits per heavy atom. The number of thioether (sulfide) groups is 1. The number of amides is 2. The van der Waals surface area contributed by atoms with Gasteiger partial charge in [-0.15, -0.1) is 11.8 Å². The van der Waals surface area contributed by atoms with Crippen molar-refractivity contribution in [2.24, 2.45) is 5.92 Å². The van der Waals surface area contributed by atoms with Crippen LogP contribution >= 0.6 is 11.8 Å². The highest BCUT2D eigenvalue weighted by Crippen LogP contribution is 2.31. The van der Waals surface area contributed by atoms with Crippen LogP contribution in [0.25, 0.3) is 0 Å². The average Bonchev–Trinajstić information content (AvgIpc) is 3.18. The molecule has 1 aliphatic heterocycles. The van der Waals surface area contributed by atoms with Gasteiger partial charge in [-0.05, 0) is 30.7 Å². The van der Waals surface area contributed by atoms with Crippen molar-refractivity contribution in [2.45, 2.75) is 50.0 Å². The van der Waals surface area contributed by atoms with Crippen molar-refractivity contribution in [3.8, 4) is 0 Å². The van der Waals surface area contributed by atoms with Crippen LogP contribution in [0.2, 0.25) is 0 Å². The van der Waals surface area contributed by atoms with Crippen molar-refractivity contribution >= 4 is 29.3 Å². The van der Waals surface area contributed by atoms with E-state index in [1.807, 2.05) is 29.2 Å². The summed E-state index contributed by atoms with van der Waals surface area (Å²) in [6.07, 6.45) is 4.94. The fourth-order valence-corrected chi connectivity index (χ4v) is 4.32. The van der Waals surface area contributed by atoms with E-state index >= 15 is 0 Å². The Morgan fingerprint density at radius 1 is 1.30 bits per heavy atom. The van der Waals surface area contributed by atoms with Crippen LogP contribution in [0.4, 0.5) is 5.69 Å². The first-order valence-electron chi connectivity index (χ1n) is 8.51. The standard InChI is InChI=1S/C18H24N2O2S/c1-2-23-16-10-6-5-9-15(16)19-18(22)13-11-17(21)20(12-13)14-7-3-4-8-14/h5-6,9-10,13-14H,2-4,7-8,11-12H2,1H3,(H,19,22). The van der Waals surface area contributed by atoms with Crippen molar-refractivity contribution in [3.63, 3.8) is 0 Å². The van der Waals surface area contributed by atoms with E-state index in [2.05, 4.69) is 12.2 Å². The number of carbonyl (C=O) groups excluding carboxylic acids is 2. The number of hydrogen-bond acceptors (Lipinski definition) is 3. The van der Waals surface area contributed by atoms with Gasteiger partial charge in [0.2, 0.25) is 11.8 Å². The summed E-state index contributed by atoms with van der Waals surface area (Å²) in [6.45, 7) is 2.68. The van der Waals surface area contributed by atoms with Gasteiger partial charge in [-0.2, -0.15) is 0 Å². The molecule has 2 aliphatic rings. The molecule has 1 aromatic rings. The molecule has 1 atom stereocenters. The Bertz CT molecular complexity index is 584. The van der Waals surface area contributed by atoms with Crippen LogP contribution in [0.1, 0.15) is 39.0 Å². The third kappa shape index (κ3) is 3.71. The highest BCUT2D eigenvalue weighted by atomic mass is 32.2. The zero-order valence-corrected chi connectivity index (χ0v) is 14.4. The molecule has 5 heteroatoms. The number of carbonyl (C=O) groups is 2. The third-order valence-corrected chi connectivity index (χ3v) is 5.70. The maximum atomic E-state index is 12.6. The average molecular weight is 332 g/mol. The summed E-state index contributed by atoms with van der Waals surface area (Å²) in [7, 11) is 0. The van der Waals surface area contributed by atoms with Crippen molar-refractivity contribution in [2.75, 3.05) is 17.6 Å². The highest BCUT2D eigenvalue weighted by molar-refractivity contribution is 7.99. The molecule has 2 fully saturated rings.